The summed E-state index contributed by atoms with van der Waals surface area (Å²) in [5.74, 6) is -1.43. The summed E-state index contributed by atoms with van der Waals surface area (Å²) in [6.45, 7) is 1.02. The van der Waals surface area contributed by atoms with Gasteiger partial charge >= 0.3 is 12.1 Å². The first-order valence-corrected chi connectivity index (χ1v) is 15.4. The van der Waals surface area contributed by atoms with Gasteiger partial charge in [0.1, 0.15) is 11.5 Å². The maximum atomic E-state index is 13.6. The number of piperidine rings is 1. The molecule has 1 aliphatic heterocycles. The van der Waals surface area contributed by atoms with Crippen molar-refractivity contribution in [3.8, 4) is 23.1 Å². The van der Waals surface area contributed by atoms with Gasteiger partial charge in [-0.15, -0.1) is 13.2 Å². The monoisotopic (exact) mass is 640 g/mol. The quantitative estimate of drug-likeness (QED) is 0.163. The third kappa shape index (κ3) is 6.42. The van der Waals surface area contributed by atoms with E-state index in [1.807, 2.05) is 0 Å². The minimum absolute atomic E-state index is 0.0517. The molecule has 1 amide bonds. The standard InChI is InChI=1S/C28H31F3N4O8S/c29-28(30,31)43-22-6-4-20(5-7-22)35-18-24(36)34(26(35)38)14-1-17-42-21-8-10-23(11-9-21)44(40,41)27(25(37)32-39)12-15-33(16-13-27)19-2-3-19/h4-11,18-19,36,39H,1-3,12-17H2,(H,32,37). The number of nitrogens with one attached hydrogen (secondary N) is 1. The van der Waals surface area contributed by atoms with Crippen LogP contribution in [0.25, 0.3) is 5.69 Å². The van der Waals surface area contributed by atoms with Crippen molar-refractivity contribution in [2.75, 3.05) is 19.7 Å². The largest absolute Gasteiger partial charge is 0.573 e. The van der Waals surface area contributed by atoms with Crippen LogP contribution in [-0.4, -0.2) is 75.5 Å². The third-order valence-corrected chi connectivity index (χ3v) is 10.4. The Labute approximate surface area is 250 Å². The Morgan fingerprint density at radius 3 is 2.20 bits per heavy atom. The summed E-state index contributed by atoms with van der Waals surface area (Å²) < 4.78 is 74.3. The molecule has 1 saturated heterocycles. The molecule has 1 aliphatic carbocycles. The van der Waals surface area contributed by atoms with Crippen molar-refractivity contribution in [3.05, 3.63) is 65.2 Å². The van der Waals surface area contributed by atoms with Crippen molar-refractivity contribution in [2.45, 2.75) is 60.7 Å². The Morgan fingerprint density at radius 2 is 1.64 bits per heavy atom. The normalized spacial score (nSPS) is 17.3. The fourth-order valence-electron chi connectivity index (χ4n) is 5.44. The molecule has 16 heteroatoms. The van der Waals surface area contributed by atoms with E-state index in [1.165, 1.54) is 36.4 Å². The number of halogens is 3. The van der Waals surface area contributed by atoms with Crippen LogP contribution in [0.15, 0.2) is 64.4 Å². The number of aromatic nitrogens is 2. The number of carbonyl (C=O) groups is 1. The number of sulfone groups is 1. The molecule has 3 N–H and O–H groups in total. The third-order valence-electron chi connectivity index (χ3n) is 7.93. The van der Waals surface area contributed by atoms with Crippen LogP contribution < -0.4 is 20.6 Å². The van der Waals surface area contributed by atoms with Crippen LogP contribution >= 0.6 is 0 Å². The minimum atomic E-state index is -4.85. The number of benzene rings is 2. The summed E-state index contributed by atoms with van der Waals surface area (Å²) in [5.41, 5.74) is 1.15. The van der Waals surface area contributed by atoms with Crippen LogP contribution in [0.5, 0.6) is 17.4 Å². The summed E-state index contributed by atoms with van der Waals surface area (Å²) >= 11 is 0. The zero-order valence-electron chi connectivity index (χ0n) is 23.4. The second-order valence-corrected chi connectivity index (χ2v) is 13.0. The number of nitrogens with zero attached hydrogens (tertiary/aromatic N) is 3. The van der Waals surface area contributed by atoms with Gasteiger partial charge in [0.05, 0.1) is 23.4 Å². The molecule has 44 heavy (non-hydrogen) atoms. The van der Waals surface area contributed by atoms with Gasteiger partial charge in [-0.25, -0.2) is 18.7 Å². The highest BCUT2D eigenvalue weighted by Gasteiger charge is 2.54. The van der Waals surface area contributed by atoms with Crippen LogP contribution in [0.2, 0.25) is 0 Å². The lowest BCUT2D eigenvalue weighted by atomic mass is 9.94. The first-order chi connectivity index (χ1) is 20.8. The first-order valence-electron chi connectivity index (χ1n) is 13.9. The number of imidazole rings is 1. The average Bonchev–Trinajstić information content (AvgIpc) is 3.80. The van der Waals surface area contributed by atoms with E-state index in [9.17, 15) is 41.5 Å². The molecule has 2 heterocycles. The number of likely N-dealkylation sites (tertiary alicyclic amines) is 1. The molecule has 0 atom stereocenters. The lowest BCUT2D eigenvalue weighted by molar-refractivity contribution is -0.274. The Morgan fingerprint density at radius 1 is 1.02 bits per heavy atom. The van der Waals surface area contributed by atoms with E-state index in [1.54, 1.807) is 5.48 Å². The SMILES string of the molecule is O=C(NO)C1(S(=O)(=O)c2ccc(OCCCn3c(O)cn(-c4ccc(OC(F)(F)F)cc4)c3=O)cc2)CCN(C2CC2)CC1. The second kappa shape index (κ2) is 12.2. The van der Waals surface area contributed by atoms with E-state index in [0.29, 0.717) is 24.9 Å². The van der Waals surface area contributed by atoms with E-state index < -0.39 is 38.3 Å². The Balaban J connectivity index is 1.19. The van der Waals surface area contributed by atoms with Gasteiger partial charge in [-0.1, -0.05) is 0 Å². The molecule has 2 aromatic carbocycles. The van der Waals surface area contributed by atoms with Crippen molar-refractivity contribution in [3.63, 3.8) is 0 Å². The van der Waals surface area contributed by atoms with Crippen LogP contribution in [0.4, 0.5) is 13.2 Å². The number of hydrogen-bond donors (Lipinski definition) is 3. The maximum Gasteiger partial charge on any atom is 0.573 e. The minimum Gasteiger partial charge on any atom is -0.494 e. The molecule has 3 aromatic rings. The van der Waals surface area contributed by atoms with E-state index in [-0.39, 0.29) is 48.9 Å². The Hall–Kier alpha value is -4.02. The van der Waals surface area contributed by atoms with Crippen molar-refractivity contribution in [1.29, 1.82) is 0 Å². The van der Waals surface area contributed by atoms with Crippen molar-refractivity contribution < 1.29 is 46.2 Å². The van der Waals surface area contributed by atoms with Crippen LogP contribution in [0.3, 0.4) is 0 Å². The Bertz CT molecular complexity index is 1640. The van der Waals surface area contributed by atoms with Crippen LogP contribution in [-0.2, 0) is 21.2 Å². The van der Waals surface area contributed by atoms with Gasteiger partial charge in [-0.3, -0.25) is 19.1 Å². The summed E-state index contributed by atoms with van der Waals surface area (Å²) in [6, 6.07) is 10.6. The number of ether oxygens (including phenoxy) is 2. The number of hydrogen-bond acceptors (Lipinski definition) is 9. The number of rotatable bonds is 11. The summed E-state index contributed by atoms with van der Waals surface area (Å²) in [5, 5.41) is 19.6. The fraction of sp³-hybridized carbons (Fsp3) is 0.429. The summed E-state index contributed by atoms with van der Waals surface area (Å²) in [6.07, 6.45) is -1.21. The van der Waals surface area contributed by atoms with Gasteiger partial charge in [-0.2, -0.15) is 0 Å². The van der Waals surface area contributed by atoms with Gasteiger partial charge in [0.25, 0.3) is 5.91 Å². The van der Waals surface area contributed by atoms with Gasteiger partial charge in [0.15, 0.2) is 14.6 Å². The highest BCUT2D eigenvalue weighted by Crippen LogP contribution is 2.39. The molecule has 2 fully saturated rings. The molecule has 2 aliphatic rings. The van der Waals surface area contributed by atoms with E-state index in [0.717, 1.165) is 40.3 Å². The molecule has 0 spiro atoms. The molecular formula is C28H31F3N4O8S. The van der Waals surface area contributed by atoms with E-state index >= 15 is 0 Å². The van der Waals surface area contributed by atoms with Gasteiger partial charge in [0, 0.05) is 25.7 Å². The molecule has 5 rings (SSSR count). The van der Waals surface area contributed by atoms with Gasteiger partial charge in [-0.05, 0) is 80.6 Å². The highest BCUT2D eigenvalue weighted by atomic mass is 32.2. The summed E-state index contributed by atoms with van der Waals surface area (Å²) in [7, 11) is -4.16. The van der Waals surface area contributed by atoms with Crippen molar-refractivity contribution in [1.82, 2.24) is 19.5 Å². The lowest BCUT2D eigenvalue weighted by Gasteiger charge is -2.39. The average molecular weight is 641 g/mol. The zero-order chi connectivity index (χ0) is 31.7. The molecule has 1 aromatic heterocycles. The van der Waals surface area contributed by atoms with Crippen LogP contribution in [0.1, 0.15) is 32.1 Å². The molecule has 12 nitrogen and oxygen atoms in total. The first kappa shape index (κ1) is 31.4. The smallest absolute Gasteiger partial charge is 0.494 e. The number of carbonyl (C=O) groups excluding carboxylic acids is 1. The van der Waals surface area contributed by atoms with Crippen molar-refractivity contribution in [2.24, 2.45) is 0 Å². The number of alkyl halides is 3. The predicted octanol–water partition coefficient (Wildman–Crippen LogP) is 2.99. The number of amides is 1. The molecular weight excluding hydrogens is 609 g/mol. The van der Waals surface area contributed by atoms with Crippen LogP contribution in [0, 0.1) is 0 Å². The molecule has 238 valence electrons. The van der Waals surface area contributed by atoms with Gasteiger partial charge < -0.3 is 19.5 Å². The van der Waals surface area contributed by atoms with E-state index in [4.69, 9.17) is 4.74 Å². The topological polar surface area (TPSA) is 152 Å². The highest BCUT2D eigenvalue weighted by molar-refractivity contribution is 7.93. The Kier molecular flexibility index (Phi) is 8.68. The number of hydroxylamine groups is 1. The second-order valence-electron chi connectivity index (χ2n) is 10.7. The summed E-state index contributed by atoms with van der Waals surface area (Å²) in [4.78, 5) is 27.6. The molecule has 0 bridgehead atoms. The van der Waals surface area contributed by atoms with E-state index in [2.05, 4.69) is 9.64 Å². The lowest BCUT2D eigenvalue weighted by Crippen LogP contribution is -2.58. The predicted molar refractivity (Wildman–Crippen MR) is 149 cm³/mol. The molecule has 0 unspecified atom stereocenters. The van der Waals surface area contributed by atoms with Gasteiger partial charge in [0.2, 0.25) is 5.88 Å². The number of aromatic hydroxyl groups is 1. The van der Waals surface area contributed by atoms with Crippen molar-refractivity contribution >= 4 is 15.7 Å². The zero-order valence-corrected chi connectivity index (χ0v) is 24.2. The maximum absolute atomic E-state index is 13.6. The molecule has 1 saturated carbocycles. The molecule has 0 radical (unpaired) electrons. The fourth-order valence-corrected chi connectivity index (χ4v) is 7.39.